The normalized spacial score (nSPS) is 12.1. The number of hydrogen-bond acceptors (Lipinski definition) is 4. The Morgan fingerprint density at radius 1 is 1.23 bits per heavy atom. The smallest absolute Gasteiger partial charge is 0.246 e. The van der Waals surface area contributed by atoms with Crippen LogP contribution in [0.3, 0.4) is 0 Å². The van der Waals surface area contributed by atoms with Gasteiger partial charge < -0.3 is 15.5 Å². The molecule has 7 nitrogen and oxygen atoms in total. The molecule has 2 rings (SSSR count). The molecule has 0 saturated carbocycles. The minimum Gasteiger partial charge on any atom is -0.336 e. The zero-order chi connectivity index (χ0) is 19.3. The molecule has 7 heteroatoms. The molecule has 1 aromatic heterocycles. The quantitative estimate of drug-likeness (QED) is 0.795. The van der Waals surface area contributed by atoms with Gasteiger partial charge >= 0.3 is 0 Å². The van der Waals surface area contributed by atoms with Gasteiger partial charge in [0.1, 0.15) is 6.04 Å². The predicted molar refractivity (Wildman–Crippen MR) is 101 cm³/mol. The average molecular weight is 357 g/mol. The van der Waals surface area contributed by atoms with Gasteiger partial charge in [-0.2, -0.15) is 5.10 Å². The second-order valence-corrected chi connectivity index (χ2v) is 6.60. The van der Waals surface area contributed by atoms with Crippen molar-refractivity contribution in [2.45, 2.75) is 39.4 Å². The summed E-state index contributed by atoms with van der Waals surface area (Å²) in [5.74, 6) is -0.105. The zero-order valence-corrected chi connectivity index (χ0v) is 16.0. The number of amides is 2. The molecule has 0 aliphatic carbocycles. The van der Waals surface area contributed by atoms with Crippen molar-refractivity contribution in [3.63, 3.8) is 0 Å². The molecule has 1 atom stereocenters. The van der Waals surface area contributed by atoms with Crippen LogP contribution in [0.5, 0.6) is 0 Å². The van der Waals surface area contributed by atoms with Gasteiger partial charge in [0.05, 0.1) is 6.20 Å². The van der Waals surface area contributed by atoms with Gasteiger partial charge in [-0.3, -0.25) is 14.3 Å². The Morgan fingerprint density at radius 2 is 1.88 bits per heavy atom. The maximum Gasteiger partial charge on any atom is 0.246 e. The van der Waals surface area contributed by atoms with E-state index in [0.717, 1.165) is 11.1 Å². The van der Waals surface area contributed by atoms with E-state index in [1.165, 1.54) is 0 Å². The van der Waals surface area contributed by atoms with E-state index in [-0.39, 0.29) is 17.9 Å². The fraction of sp³-hybridized carbons (Fsp3) is 0.421. The topological polar surface area (TPSA) is 79.3 Å². The van der Waals surface area contributed by atoms with Gasteiger partial charge in [-0.15, -0.1) is 0 Å². The van der Waals surface area contributed by atoms with Crippen LogP contribution in [-0.4, -0.2) is 39.6 Å². The van der Waals surface area contributed by atoms with Crippen LogP contribution in [0.15, 0.2) is 36.7 Å². The molecule has 1 aromatic carbocycles. The molecule has 2 aromatic rings. The maximum absolute atomic E-state index is 12.5. The van der Waals surface area contributed by atoms with E-state index in [4.69, 9.17) is 0 Å². The third-order valence-corrected chi connectivity index (χ3v) is 4.21. The van der Waals surface area contributed by atoms with E-state index >= 15 is 0 Å². The van der Waals surface area contributed by atoms with Gasteiger partial charge in [0.15, 0.2) is 0 Å². The van der Waals surface area contributed by atoms with Crippen molar-refractivity contribution >= 4 is 17.5 Å². The average Bonchev–Trinajstić information content (AvgIpc) is 3.00. The number of nitrogens with one attached hydrogen (secondary N) is 2. The third kappa shape index (κ3) is 4.92. The molecule has 0 bridgehead atoms. The Kier molecular flexibility index (Phi) is 6.52. The minimum atomic E-state index is -0.475. The Balaban J connectivity index is 2.04. The number of rotatable bonds is 7. The first kappa shape index (κ1) is 19.7. The zero-order valence-electron chi connectivity index (χ0n) is 16.0. The molecule has 2 N–H and O–H groups in total. The minimum absolute atomic E-state index is 0.0470. The molecule has 0 aliphatic heterocycles. The fourth-order valence-corrected chi connectivity index (χ4v) is 2.80. The van der Waals surface area contributed by atoms with Crippen LogP contribution < -0.4 is 10.6 Å². The monoisotopic (exact) mass is 357 g/mol. The summed E-state index contributed by atoms with van der Waals surface area (Å²) in [4.78, 5) is 26.0. The van der Waals surface area contributed by atoms with Gasteiger partial charge in [0.25, 0.3) is 0 Å². The molecule has 2 amide bonds. The highest BCUT2D eigenvalue weighted by atomic mass is 16.2. The van der Waals surface area contributed by atoms with Gasteiger partial charge in [0, 0.05) is 44.0 Å². The lowest BCUT2D eigenvalue weighted by Crippen LogP contribution is -2.34. The lowest BCUT2D eigenvalue weighted by molar-refractivity contribution is -0.131. The first-order valence-corrected chi connectivity index (χ1v) is 8.64. The second kappa shape index (κ2) is 8.62. The van der Waals surface area contributed by atoms with E-state index in [2.05, 4.69) is 15.7 Å². The van der Waals surface area contributed by atoms with Gasteiger partial charge in [-0.25, -0.2) is 0 Å². The molecule has 0 saturated heterocycles. The number of carbonyl (C=O) groups excluding carboxylic acids is 2. The maximum atomic E-state index is 12.5. The summed E-state index contributed by atoms with van der Waals surface area (Å²) in [6.07, 6.45) is 3.48. The number of nitrogens with zero attached hydrogens (tertiary/aromatic N) is 3. The van der Waals surface area contributed by atoms with Crippen molar-refractivity contribution < 1.29 is 9.59 Å². The highest BCUT2D eigenvalue weighted by Gasteiger charge is 2.20. The van der Waals surface area contributed by atoms with Crippen LogP contribution in [-0.2, 0) is 23.2 Å². The fourth-order valence-electron chi connectivity index (χ4n) is 2.80. The number of anilines is 1. The van der Waals surface area contributed by atoms with Gasteiger partial charge in [0.2, 0.25) is 11.8 Å². The summed E-state index contributed by atoms with van der Waals surface area (Å²) >= 11 is 0. The largest absolute Gasteiger partial charge is 0.336 e. The van der Waals surface area contributed by atoms with E-state index in [1.54, 1.807) is 29.7 Å². The molecule has 0 aliphatic rings. The van der Waals surface area contributed by atoms with Gasteiger partial charge in [-0.1, -0.05) is 12.1 Å². The highest BCUT2D eigenvalue weighted by molar-refractivity contribution is 5.95. The summed E-state index contributed by atoms with van der Waals surface area (Å²) < 4.78 is 1.66. The van der Waals surface area contributed by atoms with E-state index in [9.17, 15) is 9.59 Å². The van der Waals surface area contributed by atoms with Crippen molar-refractivity contribution in [3.05, 3.63) is 47.8 Å². The number of benzene rings is 1. The first-order valence-electron chi connectivity index (χ1n) is 8.64. The van der Waals surface area contributed by atoms with E-state index in [1.807, 2.05) is 51.4 Å². The molecule has 140 valence electrons. The Labute approximate surface area is 154 Å². The summed E-state index contributed by atoms with van der Waals surface area (Å²) in [7, 11) is 3.55. The van der Waals surface area contributed by atoms with Gasteiger partial charge in [-0.05, 0) is 38.6 Å². The SMILES string of the molecule is CNC(C(=O)Nc1ccc(CN(C(C)=O)C(C)C)cc1)c1cnn(C)c1. The predicted octanol–water partition coefficient (Wildman–Crippen LogP) is 2.08. The molecule has 0 radical (unpaired) electrons. The standard InChI is InChI=1S/C19H27N5O2/c1-13(2)24(14(3)25)11-15-6-8-17(9-7-15)22-19(26)18(20-4)16-10-21-23(5)12-16/h6-10,12-13,18,20H,11H2,1-5H3,(H,22,26). The molecule has 1 heterocycles. The number of aryl methyl sites for hydroxylation is 1. The number of aromatic nitrogens is 2. The molecule has 0 fully saturated rings. The number of likely N-dealkylation sites (N-methyl/N-ethyl adjacent to an activating group) is 1. The number of hydrogen-bond donors (Lipinski definition) is 2. The molecular weight excluding hydrogens is 330 g/mol. The second-order valence-electron chi connectivity index (χ2n) is 6.60. The van der Waals surface area contributed by atoms with E-state index < -0.39 is 6.04 Å². The third-order valence-electron chi connectivity index (χ3n) is 4.21. The van der Waals surface area contributed by atoms with Crippen molar-refractivity contribution in [1.29, 1.82) is 0 Å². The van der Waals surface area contributed by atoms with E-state index in [0.29, 0.717) is 12.2 Å². The van der Waals surface area contributed by atoms with Crippen LogP contribution in [0.2, 0.25) is 0 Å². The Morgan fingerprint density at radius 3 is 2.35 bits per heavy atom. The number of carbonyl (C=O) groups is 2. The summed E-state index contributed by atoms with van der Waals surface area (Å²) in [5, 5.41) is 10.0. The lowest BCUT2D eigenvalue weighted by atomic mass is 10.1. The van der Waals surface area contributed by atoms with Crippen LogP contribution in [0.25, 0.3) is 0 Å². The Hall–Kier alpha value is -2.67. The molecule has 26 heavy (non-hydrogen) atoms. The summed E-state index contributed by atoms with van der Waals surface area (Å²) in [6.45, 7) is 6.11. The van der Waals surface area contributed by atoms with Crippen molar-refractivity contribution in [2.24, 2.45) is 7.05 Å². The lowest BCUT2D eigenvalue weighted by Gasteiger charge is -2.25. The van der Waals surface area contributed by atoms with Crippen LogP contribution in [0.4, 0.5) is 5.69 Å². The van der Waals surface area contributed by atoms with Crippen LogP contribution in [0, 0.1) is 0 Å². The molecule has 1 unspecified atom stereocenters. The first-order chi connectivity index (χ1) is 12.3. The summed E-state index contributed by atoms with van der Waals surface area (Å²) in [6, 6.07) is 7.21. The van der Waals surface area contributed by atoms with Crippen molar-refractivity contribution in [3.8, 4) is 0 Å². The molecule has 0 spiro atoms. The molecular formula is C19H27N5O2. The Bertz CT molecular complexity index is 752. The van der Waals surface area contributed by atoms with Crippen LogP contribution >= 0.6 is 0 Å². The van der Waals surface area contributed by atoms with Crippen molar-refractivity contribution in [2.75, 3.05) is 12.4 Å². The van der Waals surface area contributed by atoms with Crippen LogP contribution in [0.1, 0.15) is 37.9 Å². The highest BCUT2D eigenvalue weighted by Crippen LogP contribution is 2.17. The van der Waals surface area contributed by atoms with Crippen molar-refractivity contribution in [1.82, 2.24) is 20.0 Å². The summed E-state index contributed by atoms with van der Waals surface area (Å²) in [5.41, 5.74) is 2.53.